The molecule has 9 heteroatoms. The second kappa shape index (κ2) is 10.7. The fraction of sp³-hybridized carbons (Fsp3) is 0.355. The number of nitro benzene ring substituents is 1. The van der Waals surface area contributed by atoms with Crippen molar-refractivity contribution in [2.24, 2.45) is 0 Å². The number of alkyl halides is 3. The molecule has 1 saturated heterocycles. The van der Waals surface area contributed by atoms with Crippen LogP contribution in [0.3, 0.4) is 0 Å². The first kappa shape index (κ1) is 27.9. The van der Waals surface area contributed by atoms with Gasteiger partial charge in [-0.05, 0) is 55.0 Å². The van der Waals surface area contributed by atoms with Gasteiger partial charge in [0.05, 0.1) is 10.4 Å². The molecule has 5 rings (SSSR count). The number of aliphatic hydroxyl groups is 1. The summed E-state index contributed by atoms with van der Waals surface area (Å²) in [6.45, 7) is 2.51. The predicted molar refractivity (Wildman–Crippen MR) is 148 cm³/mol. The van der Waals surface area contributed by atoms with Crippen molar-refractivity contribution in [2.45, 2.75) is 49.9 Å². The maximum absolute atomic E-state index is 14.8. The van der Waals surface area contributed by atoms with E-state index in [2.05, 4.69) is 19.1 Å². The number of β-amino-alcohol motifs (C(OH)–C–C–N with tert-alkyl or cyclic N) is 1. The Balaban J connectivity index is 1.51. The molecule has 1 aliphatic rings. The average Bonchev–Trinajstić information content (AvgIpc) is 3.32. The van der Waals surface area contributed by atoms with Crippen LogP contribution in [0.1, 0.15) is 42.9 Å². The van der Waals surface area contributed by atoms with Crippen LogP contribution in [-0.2, 0) is 17.6 Å². The van der Waals surface area contributed by atoms with Gasteiger partial charge in [-0.25, -0.2) is 0 Å². The summed E-state index contributed by atoms with van der Waals surface area (Å²) in [5.41, 5.74) is -1.52. The lowest BCUT2D eigenvalue weighted by atomic mass is 9.71. The zero-order valence-electron chi connectivity index (χ0n) is 22.3. The summed E-state index contributed by atoms with van der Waals surface area (Å²) >= 11 is 0. The second-order valence-corrected chi connectivity index (χ2v) is 10.7. The highest BCUT2D eigenvalue weighted by atomic mass is 19.4. The summed E-state index contributed by atoms with van der Waals surface area (Å²) in [6.07, 6.45) is -1.43. The van der Waals surface area contributed by atoms with E-state index >= 15 is 0 Å². The summed E-state index contributed by atoms with van der Waals surface area (Å²) < 4.78 is 46.0. The van der Waals surface area contributed by atoms with E-state index in [1.807, 2.05) is 48.5 Å². The zero-order chi connectivity index (χ0) is 28.5. The van der Waals surface area contributed by atoms with Gasteiger partial charge in [-0.2, -0.15) is 13.2 Å². The molecule has 0 radical (unpaired) electrons. The molecular weight excluding hydrogens is 519 g/mol. The summed E-state index contributed by atoms with van der Waals surface area (Å²) in [7, 11) is 0. The van der Waals surface area contributed by atoms with Crippen molar-refractivity contribution in [3.63, 3.8) is 0 Å². The molecular formula is C31H32F3N3O3. The molecule has 210 valence electrons. The molecule has 1 aromatic heterocycles. The van der Waals surface area contributed by atoms with Crippen LogP contribution in [0, 0.1) is 10.1 Å². The molecule has 2 heterocycles. The first-order valence-corrected chi connectivity index (χ1v) is 13.4. The quantitative estimate of drug-likeness (QED) is 0.193. The number of aromatic nitrogens is 1. The van der Waals surface area contributed by atoms with Crippen LogP contribution in [0.4, 0.5) is 18.9 Å². The Morgan fingerprint density at radius 2 is 1.60 bits per heavy atom. The van der Waals surface area contributed by atoms with E-state index < -0.39 is 23.2 Å². The van der Waals surface area contributed by atoms with Crippen molar-refractivity contribution in [3.05, 3.63) is 112 Å². The van der Waals surface area contributed by atoms with Crippen molar-refractivity contribution < 1.29 is 23.2 Å². The topological polar surface area (TPSA) is 71.5 Å². The molecule has 6 nitrogen and oxygen atoms in total. The van der Waals surface area contributed by atoms with Crippen LogP contribution in [0.25, 0.3) is 10.9 Å². The Morgan fingerprint density at radius 3 is 2.17 bits per heavy atom. The number of hydrogen-bond acceptors (Lipinski definition) is 4. The molecule has 40 heavy (non-hydrogen) atoms. The molecule has 1 N–H and O–H groups in total. The van der Waals surface area contributed by atoms with Gasteiger partial charge in [0.25, 0.3) is 5.69 Å². The fourth-order valence-corrected chi connectivity index (χ4v) is 6.06. The molecule has 1 fully saturated rings. The number of nitrogens with zero attached hydrogens (tertiary/aromatic N) is 3. The second-order valence-electron chi connectivity index (χ2n) is 10.7. The SMILES string of the molecule is CCC1(c2ccccc2)CCN(CC(O)(c2cn(Cc3ccccc3)c3cc([N+](=O)[O-])ccc23)C(F)(F)F)CC1. The number of fused-ring (bicyclic) bond motifs is 1. The van der Waals surface area contributed by atoms with E-state index in [0.29, 0.717) is 25.9 Å². The average molecular weight is 552 g/mol. The molecule has 4 aromatic rings. The van der Waals surface area contributed by atoms with Gasteiger partial charge < -0.3 is 9.67 Å². The van der Waals surface area contributed by atoms with Crippen LogP contribution >= 0.6 is 0 Å². The highest BCUT2D eigenvalue weighted by molar-refractivity contribution is 5.87. The van der Waals surface area contributed by atoms with Gasteiger partial charge in [0.1, 0.15) is 0 Å². The summed E-state index contributed by atoms with van der Waals surface area (Å²) in [6, 6.07) is 23.0. The van der Waals surface area contributed by atoms with E-state index in [1.165, 1.54) is 30.0 Å². The standard InChI is InChI=1S/C31H32F3N3O3/c1-2-29(24-11-7-4-8-12-24)15-17-35(18-16-29)22-30(38,31(32,33)34)27-21-36(20-23-9-5-3-6-10-23)28-19-25(37(39)40)13-14-26(27)28/h3-14,19,21,38H,2,15-18,20,22H2,1H3. The third-order valence-corrected chi connectivity index (χ3v) is 8.52. The van der Waals surface area contributed by atoms with Crippen LogP contribution in [0.5, 0.6) is 0 Å². The van der Waals surface area contributed by atoms with Gasteiger partial charge in [0.15, 0.2) is 0 Å². The number of likely N-dealkylation sites (tertiary alicyclic amines) is 1. The molecule has 1 unspecified atom stereocenters. The fourth-order valence-electron chi connectivity index (χ4n) is 6.06. The van der Waals surface area contributed by atoms with Crippen molar-refractivity contribution in [3.8, 4) is 0 Å². The predicted octanol–water partition coefficient (Wildman–Crippen LogP) is 6.79. The van der Waals surface area contributed by atoms with Crippen molar-refractivity contribution in [2.75, 3.05) is 19.6 Å². The monoisotopic (exact) mass is 551 g/mol. The largest absolute Gasteiger partial charge is 0.422 e. The minimum absolute atomic E-state index is 0.112. The van der Waals surface area contributed by atoms with Crippen LogP contribution < -0.4 is 0 Å². The molecule has 0 aliphatic carbocycles. The highest BCUT2D eigenvalue weighted by Gasteiger charge is 2.57. The Kier molecular flexibility index (Phi) is 7.46. The first-order valence-electron chi connectivity index (χ1n) is 13.4. The van der Waals surface area contributed by atoms with E-state index in [0.717, 1.165) is 12.0 Å². The number of piperidine rings is 1. The lowest BCUT2D eigenvalue weighted by molar-refractivity contribution is -0.384. The number of non-ortho nitro benzene ring substituents is 1. The van der Waals surface area contributed by atoms with E-state index in [9.17, 15) is 28.4 Å². The first-order chi connectivity index (χ1) is 19.1. The number of nitro groups is 1. The molecule has 1 atom stereocenters. The van der Waals surface area contributed by atoms with E-state index in [1.54, 1.807) is 9.47 Å². The van der Waals surface area contributed by atoms with Crippen LogP contribution in [0.15, 0.2) is 85.1 Å². The van der Waals surface area contributed by atoms with Gasteiger partial charge in [0.2, 0.25) is 5.60 Å². The smallest absolute Gasteiger partial charge is 0.375 e. The summed E-state index contributed by atoms with van der Waals surface area (Å²) in [4.78, 5) is 12.6. The zero-order valence-corrected chi connectivity index (χ0v) is 22.3. The summed E-state index contributed by atoms with van der Waals surface area (Å²) in [5, 5.41) is 23.1. The van der Waals surface area contributed by atoms with Crippen molar-refractivity contribution >= 4 is 16.6 Å². The Hall–Kier alpha value is -3.69. The van der Waals surface area contributed by atoms with Crippen LogP contribution in [0.2, 0.25) is 0 Å². The number of benzene rings is 3. The van der Waals surface area contributed by atoms with E-state index in [4.69, 9.17) is 0 Å². The minimum Gasteiger partial charge on any atom is -0.375 e. The molecule has 0 amide bonds. The van der Waals surface area contributed by atoms with E-state index in [-0.39, 0.29) is 34.1 Å². The maximum atomic E-state index is 14.8. The van der Waals surface area contributed by atoms with Gasteiger partial charge in [-0.1, -0.05) is 67.6 Å². The lowest BCUT2D eigenvalue weighted by Gasteiger charge is -2.44. The normalized spacial score (nSPS) is 17.5. The Morgan fingerprint density at radius 1 is 0.975 bits per heavy atom. The van der Waals surface area contributed by atoms with Crippen LogP contribution in [-0.4, -0.2) is 45.3 Å². The molecule has 3 aromatic carbocycles. The third-order valence-electron chi connectivity index (χ3n) is 8.52. The highest BCUT2D eigenvalue weighted by Crippen LogP contribution is 2.45. The Bertz CT molecular complexity index is 1480. The Labute approximate surface area is 230 Å². The molecule has 0 spiro atoms. The van der Waals surface area contributed by atoms with Gasteiger partial charge >= 0.3 is 6.18 Å². The maximum Gasteiger partial charge on any atom is 0.422 e. The molecule has 1 aliphatic heterocycles. The molecule has 0 saturated carbocycles. The minimum atomic E-state index is -4.97. The van der Waals surface area contributed by atoms with Gasteiger partial charge in [-0.3, -0.25) is 15.0 Å². The lowest BCUT2D eigenvalue weighted by Crippen LogP contribution is -2.54. The van der Waals surface area contributed by atoms with Gasteiger partial charge in [0, 0.05) is 42.4 Å². The van der Waals surface area contributed by atoms with Crippen molar-refractivity contribution in [1.82, 2.24) is 9.47 Å². The number of rotatable bonds is 8. The van der Waals surface area contributed by atoms with Crippen molar-refractivity contribution in [1.29, 1.82) is 0 Å². The third kappa shape index (κ3) is 5.11. The van der Waals surface area contributed by atoms with Gasteiger partial charge in [-0.15, -0.1) is 0 Å². The molecule has 0 bridgehead atoms. The number of hydrogen-bond donors (Lipinski definition) is 1. The number of halogens is 3. The summed E-state index contributed by atoms with van der Waals surface area (Å²) in [5.74, 6) is 0.